The minimum Gasteiger partial charge on any atom is -0.341 e. The molecule has 3 rings (SSSR count). The molecule has 0 saturated heterocycles. The van der Waals surface area contributed by atoms with Gasteiger partial charge in [-0.3, -0.25) is 15.2 Å². The van der Waals surface area contributed by atoms with E-state index >= 15 is 0 Å². The summed E-state index contributed by atoms with van der Waals surface area (Å²) in [6.45, 7) is 6.06. The maximum Gasteiger partial charge on any atom is 0.314 e. The van der Waals surface area contributed by atoms with Crippen molar-refractivity contribution < 1.29 is 9.72 Å². The molecule has 0 aliphatic carbocycles. The Labute approximate surface area is 165 Å². The molecule has 11 heteroatoms. The fourth-order valence-corrected chi connectivity index (χ4v) is 3.15. The van der Waals surface area contributed by atoms with Crippen LogP contribution in [0.2, 0.25) is 5.02 Å². The Morgan fingerprint density at radius 3 is 2.68 bits per heavy atom. The number of carbonyl (C=O) groups is 1. The number of nitro groups is 1. The summed E-state index contributed by atoms with van der Waals surface area (Å²) >= 11 is 6.43. The first-order valence-corrected chi connectivity index (χ1v) is 8.87. The molecular formula is C17H20ClN7O3. The second-order valence-electron chi connectivity index (χ2n) is 7.25. The Bertz CT molecular complexity index is 1060. The van der Waals surface area contributed by atoms with Gasteiger partial charge >= 0.3 is 6.03 Å². The van der Waals surface area contributed by atoms with Crippen LogP contribution in [0.25, 0.3) is 17.0 Å². The van der Waals surface area contributed by atoms with E-state index in [1.54, 1.807) is 12.1 Å². The highest BCUT2D eigenvalue weighted by Crippen LogP contribution is 2.32. The van der Waals surface area contributed by atoms with Gasteiger partial charge in [0.25, 0.3) is 5.69 Å². The predicted octanol–water partition coefficient (Wildman–Crippen LogP) is 3.01. The van der Waals surface area contributed by atoms with Gasteiger partial charge in [-0.2, -0.15) is 4.63 Å². The second-order valence-corrected chi connectivity index (χ2v) is 7.63. The summed E-state index contributed by atoms with van der Waals surface area (Å²) in [7, 11) is 1.47. The van der Waals surface area contributed by atoms with Crippen LogP contribution in [0.5, 0.6) is 0 Å². The number of nitrogens with one attached hydrogen (secondary N) is 3. The number of carbonyl (C=O) groups excluding carboxylic acids is 1. The first-order valence-electron chi connectivity index (χ1n) is 8.50. The van der Waals surface area contributed by atoms with Gasteiger partial charge in [0.05, 0.1) is 17.2 Å². The van der Waals surface area contributed by atoms with E-state index in [1.165, 1.54) is 17.7 Å². The molecule has 0 spiro atoms. The van der Waals surface area contributed by atoms with E-state index in [9.17, 15) is 14.9 Å². The molecule has 2 aromatic heterocycles. The van der Waals surface area contributed by atoms with E-state index in [0.717, 1.165) is 5.69 Å². The monoisotopic (exact) mass is 405 g/mol. The lowest BCUT2D eigenvalue weighted by Crippen LogP contribution is -2.32. The summed E-state index contributed by atoms with van der Waals surface area (Å²) in [6, 6.07) is 4.20. The van der Waals surface area contributed by atoms with Gasteiger partial charge in [-0.15, -0.1) is 5.10 Å². The van der Waals surface area contributed by atoms with Crippen molar-refractivity contribution in [1.82, 2.24) is 30.4 Å². The molecule has 1 aromatic carbocycles. The first kappa shape index (κ1) is 19.6. The molecule has 0 atom stereocenters. The highest BCUT2D eigenvalue weighted by molar-refractivity contribution is 6.34. The number of aromatic nitrogens is 4. The van der Waals surface area contributed by atoms with Crippen LogP contribution in [-0.2, 0) is 12.0 Å². The minimum atomic E-state index is -0.503. The van der Waals surface area contributed by atoms with Crippen molar-refractivity contribution in [3.05, 3.63) is 44.6 Å². The summed E-state index contributed by atoms with van der Waals surface area (Å²) < 4.78 is 1.46. The third kappa shape index (κ3) is 3.63. The van der Waals surface area contributed by atoms with Crippen LogP contribution in [0.3, 0.4) is 0 Å². The van der Waals surface area contributed by atoms with Crippen molar-refractivity contribution in [1.29, 1.82) is 0 Å². The Balaban J connectivity index is 1.98. The van der Waals surface area contributed by atoms with Crippen LogP contribution in [0.4, 0.5) is 10.5 Å². The van der Waals surface area contributed by atoms with Gasteiger partial charge in [0.1, 0.15) is 5.02 Å². The topological polar surface area (TPSA) is 130 Å². The zero-order chi connectivity index (χ0) is 20.6. The summed E-state index contributed by atoms with van der Waals surface area (Å²) in [5, 5.41) is 24.3. The fourth-order valence-electron chi connectivity index (χ4n) is 2.70. The Kier molecular flexibility index (Phi) is 4.99. The van der Waals surface area contributed by atoms with Crippen molar-refractivity contribution in [3.63, 3.8) is 0 Å². The van der Waals surface area contributed by atoms with Crippen molar-refractivity contribution in [2.75, 3.05) is 7.05 Å². The summed E-state index contributed by atoms with van der Waals surface area (Å²) in [6.07, 6.45) is 0. The molecule has 0 radical (unpaired) electrons. The molecule has 3 aromatic rings. The number of nitro benzene ring substituents is 1. The number of hydrogen-bond acceptors (Lipinski definition) is 5. The molecule has 0 aliphatic rings. The van der Waals surface area contributed by atoms with E-state index in [1.807, 2.05) is 20.8 Å². The van der Waals surface area contributed by atoms with Crippen LogP contribution >= 0.6 is 11.6 Å². The number of rotatable bonds is 4. The van der Waals surface area contributed by atoms with Crippen molar-refractivity contribution in [3.8, 4) is 11.4 Å². The molecule has 148 valence electrons. The lowest BCUT2D eigenvalue weighted by atomic mass is 9.92. The van der Waals surface area contributed by atoms with E-state index in [0.29, 0.717) is 27.6 Å². The largest absolute Gasteiger partial charge is 0.341 e. The number of benzene rings is 1. The first-order chi connectivity index (χ1) is 13.1. The number of halogens is 1. The van der Waals surface area contributed by atoms with Crippen LogP contribution < -0.4 is 10.6 Å². The lowest BCUT2D eigenvalue weighted by Gasteiger charge is -2.16. The zero-order valence-corrected chi connectivity index (χ0v) is 16.6. The molecular weight excluding hydrogens is 386 g/mol. The number of aromatic amines is 1. The Hall–Kier alpha value is -3.14. The standard InChI is InChI=1S/C17H20ClN7O3/c1-17(2,3)13-12(18)15-21-14(23-24(15)22-13)9-5-6-10(8-20-16(26)19-4)11(7-9)25(27)28/h5-7,22H,8H2,1-4H3,(H2,19,20,26). The smallest absolute Gasteiger partial charge is 0.314 e. The van der Waals surface area contributed by atoms with Crippen LogP contribution in [-0.4, -0.2) is 37.8 Å². The van der Waals surface area contributed by atoms with Crippen molar-refractivity contribution >= 4 is 29.0 Å². The number of amides is 2. The normalized spacial score (nSPS) is 11.6. The van der Waals surface area contributed by atoms with Gasteiger partial charge in [0.15, 0.2) is 11.5 Å². The third-order valence-electron chi connectivity index (χ3n) is 4.20. The van der Waals surface area contributed by atoms with Gasteiger partial charge in [0, 0.05) is 29.7 Å². The van der Waals surface area contributed by atoms with E-state index in [2.05, 4.69) is 25.8 Å². The number of nitrogens with zero attached hydrogens (tertiary/aromatic N) is 4. The van der Waals surface area contributed by atoms with Crippen LogP contribution in [0, 0.1) is 10.1 Å². The predicted molar refractivity (Wildman–Crippen MR) is 104 cm³/mol. The van der Waals surface area contributed by atoms with Gasteiger partial charge in [-0.1, -0.05) is 38.4 Å². The fraction of sp³-hybridized carbons (Fsp3) is 0.353. The van der Waals surface area contributed by atoms with E-state index in [-0.39, 0.29) is 17.6 Å². The molecule has 0 unspecified atom stereocenters. The minimum absolute atomic E-state index is 0.0223. The molecule has 28 heavy (non-hydrogen) atoms. The maximum absolute atomic E-state index is 11.5. The number of hydrogen-bond donors (Lipinski definition) is 3. The molecule has 3 N–H and O–H groups in total. The van der Waals surface area contributed by atoms with E-state index < -0.39 is 11.0 Å². The zero-order valence-electron chi connectivity index (χ0n) is 15.8. The number of urea groups is 1. The lowest BCUT2D eigenvalue weighted by molar-refractivity contribution is -0.385. The highest BCUT2D eigenvalue weighted by atomic mass is 35.5. The molecule has 2 amide bonds. The third-order valence-corrected chi connectivity index (χ3v) is 4.56. The summed E-state index contributed by atoms with van der Waals surface area (Å²) in [4.78, 5) is 26.7. The van der Waals surface area contributed by atoms with Crippen molar-refractivity contribution in [2.45, 2.75) is 32.7 Å². The van der Waals surface area contributed by atoms with Crippen LogP contribution in [0.1, 0.15) is 32.0 Å². The maximum atomic E-state index is 11.5. The molecule has 0 fully saturated rings. The van der Waals surface area contributed by atoms with Crippen LogP contribution in [0.15, 0.2) is 18.2 Å². The number of H-pyrrole nitrogens is 1. The summed E-state index contributed by atoms with van der Waals surface area (Å²) in [5.41, 5.74) is 1.76. The molecule has 2 heterocycles. The van der Waals surface area contributed by atoms with Gasteiger partial charge in [0.2, 0.25) is 0 Å². The highest BCUT2D eigenvalue weighted by Gasteiger charge is 2.25. The average molecular weight is 406 g/mol. The molecule has 0 aliphatic heterocycles. The molecule has 10 nitrogen and oxygen atoms in total. The molecule has 0 saturated carbocycles. The van der Waals surface area contributed by atoms with Gasteiger partial charge in [-0.25, -0.2) is 9.78 Å². The quantitative estimate of drug-likeness (QED) is 0.453. The second kappa shape index (κ2) is 7.12. The average Bonchev–Trinajstić information content (AvgIpc) is 3.18. The summed E-state index contributed by atoms with van der Waals surface area (Å²) in [5.74, 6) is 0.308. The van der Waals surface area contributed by atoms with E-state index in [4.69, 9.17) is 11.6 Å². The van der Waals surface area contributed by atoms with Crippen molar-refractivity contribution in [2.24, 2.45) is 0 Å². The molecule has 0 bridgehead atoms. The number of fused-ring (bicyclic) bond motifs is 1. The SMILES string of the molecule is CNC(=O)NCc1ccc(-c2nc3c(Cl)c(C(C)(C)C)[nH]n3n2)cc1[N+](=O)[O-]. The Morgan fingerprint density at radius 1 is 1.39 bits per heavy atom. The Morgan fingerprint density at radius 2 is 2.11 bits per heavy atom. The van der Waals surface area contributed by atoms with Gasteiger partial charge < -0.3 is 10.6 Å². The van der Waals surface area contributed by atoms with Gasteiger partial charge in [-0.05, 0) is 6.07 Å².